The second kappa shape index (κ2) is 3.09. The van der Waals surface area contributed by atoms with E-state index in [1.54, 1.807) is 0 Å². The molecule has 2 aliphatic rings. The second-order valence-electron chi connectivity index (χ2n) is 4.53. The first-order valence-corrected chi connectivity index (χ1v) is 5.55. The van der Waals surface area contributed by atoms with Crippen molar-refractivity contribution < 1.29 is 9.53 Å². The van der Waals surface area contributed by atoms with Crippen LogP contribution >= 0.6 is 0 Å². The number of ether oxygens (including phenoxy) is 1. The van der Waals surface area contributed by atoms with E-state index < -0.39 is 0 Å². The lowest BCUT2D eigenvalue weighted by molar-refractivity contribution is -0.144. The van der Waals surface area contributed by atoms with Gasteiger partial charge in [0.05, 0.1) is 5.92 Å². The minimum atomic E-state index is -0.0262. The van der Waals surface area contributed by atoms with Crippen molar-refractivity contribution in [3.05, 3.63) is 35.4 Å². The van der Waals surface area contributed by atoms with Gasteiger partial charge in [-0.2, -0.15) is 0 Å². The van der Waals surface area contributed by atoms with Crippen LogP contribution in [0.2, 0.25) is 0 Å². The van der Waals surface area contributed by atoms with Gasteiger partial charge in [-0.25, -0.2) is 0 Å². The molecule has 1 heterocycles. The fourth-order valence-electron chi connectivity index (χ4n) is 2.89. The normalized spacial score (nSPS) is 33.1. The summed E-state index contributed by atoms with van der Waals surface area (Å²) in [6.07, 6.45) is 2.15. The molecule has 0 bridgehead atoms. The molecule has 0 spiro atoms. The first kappa shape index (κ1) is 8.96. The highest BCUT2D eigenvalue weighted by Crippen LogP contribution is 2.43. The molecular weight excluding hydrogens is 188 g/mol. The molecule has 15 heavy (non-hydrogen) atoms. The molecule has 1 aromatic rings. The average molecular weight is 202 g/mol. The molecular formula is C13H14O2. The van der Waals surface area contributed by atoms with Crippen molar-refractivity contribution in [2.45, 2.75) is 31.8 Å². The van der Waals surface area contributed by atoms with Crippen LogP contribution in [-0.2, 0) is 16.0 Å². The Morgan fingerprint density at radius 1 is 1.33 bits per heavy atom. The third kappa shape index (κ3) is 1.21. The van der Waals surface area contributed by atoms with Crippen molar-refractivity contribution >= 4 is 5.97 Å². The van der Waals surface area contributed by atoms with Gasteiger partial charge in [0.2, 0.25) is 0 Å². The third-order valence-electron chi connectivity index (χ3n) is 3.69. The van der Waals surface area contributed by atoms with Crippen molar-refractivity contribution in [2.75, 3.05) is 0 Å². The topological polar surface area (TPSA) is 26.3 Å². The van der Waals surface area contributed by atoms with E-state index in [0.29, 0.717) is 5.92 Å². The van der Waals surface area contributed by atoms with Crippen LogP contribution in [0.15, 0.2) is 24.3 Å². The summed E-state index contributed by atoms with van der Waals surface area (Å²) in [5.41, 5.74) is 2.72. The fourth-order valence-corrected chi connectivity index (χ4v) is 2.89. The number of esters is 1. The van der Waals surface area contributed by atoms with Crippen molar-refractivity contribution in [3.8, 4) is 0 Å². The maximum Gasteiger partial charge on any atom is 0.309 e. The average Bonchev–Trinajstić information content (AvgIpc) is 2.55. The summed E-state index contributed by atoms with van der Waals surface area (Å²) in [7, 11) is 0. The largest absolute Gasteiger partial charge is 0.461 e. The Morgan fingerprint density at radius 2 is 2.13 bits per heavy atom. The Bertz CT molecular complexity index is 411. The number of aryl methyl sites for hydroxylation is 1. The zero-order valence-electron chi connectivity index (χ0n) is 8.77. The number of hydrogen-bond donors (Lipinski definition) is 0. The molecule has 2 nitrogen and oxygen atoms in total. The standard InChI is InChI=1S/C13H14O2/c1-8-12-10-5-3-2-4-9(10)6-7-11(12)15-13(8)14/h2-5,8,11-12H,6-7H2,1H3/t8-,11-,12+/m1/s1. The highest BCUT2D eigenvalue weighted by atomic mass is 16.6. The monoisotopic (exact) mass is 202 g/mol. The number of hydrogen-bond acceptors (Lipinski definition) is 2. The van der Waals surface area contributed by atoms with Crippen LogP contribution in [-0.4, -0.2) is 12.1 Å². The van der Waals surface area contributed by atoms with E-state index in [9.17, 15) is 4.79 Å². The molecule has 0 aromatic heterocycles. The van der Waals surface area contributed by atoms with Gasteiger partial charge in [0.1, 0.15) is 6.10 Å². The Labute approximate surface area is 89.2 Å². The van der Waals surface area contributed by atoms with E-state index in [0.717, 1.165) is 12.8 Å². The fraction of sp³-hybridized carbons (Fsp3) is 0.462. The van der Waals surface area contributed by atoms with Gasteiger partial charge in [-0.3, -0.25) is 4.79 Å². The summed E-state index contributed by atoms with van der Waals surface area (Å²) >= 11 is 0. The summed E-state index contributed by atoms with van der Waals surface area (Å²) in [6.45, 7) is 1.98. The maximum absolute atomic E-state index is 11.5. The molecule has 0 N–H and O–H groups in total. The molecule has 3 rings (SSSR count). The molecule has 1 aliphatic carbocycles. The molecule has 1 saturated heterocycles. The summed E-state index contributed by atoms with van der Waals surface area (Å²) in [4.78, 5) is 11.5. The minimum absolute atomic E-state index is 0.0245. The van der Waals surface area contributed by atoms with Crippen LogP contribution in [0.1, 0.15) is 30.4 Å². The molecule has 0 saturated carbocycles. The number of carbonyl (C=O) groups is 1. The van der Waals surface area contributed by atoms with E-state index in [2.05, 4.69) is 24.3 Å². The van der Waals surface area contributed by atoms with Gasteiger partial charge < -0.3 is 4.74 Å². The molecule has 1 fully saturated rings. The Hall–Kier alpha value is -1.31. The van der Waals surface area contributed by atoms with Crippen LogP contribution in [0.3, 0.4) is 0 Å². The highest BCUT2D eigenvalue weighted by Gasteiger charge is 2.44. The van der Waals surface area contributed by atoms with E-state index in [1.807, 2.05) is 6.92 Å². The van der Waals surface area contributed by atoms with Crippen molar-refractivity contribution in [1.82, 2.24) is 0 Å². The van der Waals surface area contributed by atoms with Crippen LogP contribution in [0.5, 0.6) is 0 Å². The number of benzene rings is 1. The molecule has 78 valence electrons. The molecule has 3 atom stereocenters. The summed E-state index contributed by atoms with van der Waals surface area (Å²) in [5, 5.41) is 0. The number of carbonyl (C=O) groups excluding carboxylic acids is 1. The third-order valence-corrected chi connectivity index (χ3v) is 3.69. The van der Waals surface area contributed by atoms with Crippen molar-refractivity contribution in [2.24, 2.45) is 5.92 Å². The van der Waals surface area contributed by atoms with E-state index in [4.69, 9.17) is 4.74 Å². The van der Waals surface area contributed by atoms with E-state index in [-0.39, 0.29) is 18.0 Å². The van der Waals surface area contributed by atoms with E-state index in [1.165, 1.54) is 11.1 Å². The number of fused-ring (bicyclic) bond motifs is 3. The quantitative estimate of drug-likeness (QED) is 0.603. The Morgan fingerprint density at radius 3 is 3.00 bits per heavy atom. The zero-order valence-corrected chi connectivity index (χ0v) is 8.77. The zero-order chi connectivity index (χ0) is 10.4. The molecule has 0 amide bonds. The Balaban J connectivity index is 2.08. The maximum atomic E-state index is 11.5. The predicted octanol–water partition coefficient (Wildman–Crippen LogP) is 2.28. The Kier molecular flexibility index (Phi) is 1.84. The smallest absolute Gasteiger partial charge is 0.309 e. The first-order chi connectivity index (χ1) is 7.27. The van der Waals surface area contributed by atoms with Gasteiger partial charge in [0, 0.05) is 5.92 Å². The molecule has 1 aromatic carbocycles. The van der Waals surface area contributed by atoms with Gasteiger partial charge in [-0.15, -0.1) is 0 Å². The lowest BCUT2D eigenvalue weighted by Gasteiger charge is -2.27. The molecule has 2 heteroatoms. The lowest BCUT2D eigenvalue weighted by atomic mass is 9.76. The SMILES string of the molecule is C[C@H]1C(=O)O[C@@H]2CCc3ccccc3[C@@H]21. The molecule has 0 unspecified atom stereocenters. The van der Waals surface area contributed by atoms with Crippen LogP contribution in [0, 0.1) is 5.92 Å². The summed E-state index contributed by atoms with van der Waals surface area (Å²) in [6, 6.07) is 8.43. The lowest BCUT2D eigenvalue weighted by Crippen LogP contribution is -2.24. The van der Waals surface area contributed by atoms with Crippen LogP contribution in [0.25, 0.3) is 0 Å². The minimum Gasteiger partial charge on any atom is -0.461 e. The van der Waals surface area contributed by atoms with E-state index >= 15 is 0 Å². The highest BCUT2D eigenvalue weighted by molar-refractivity contribution is 5.76. The predicted molar refractivity (Wildman–Crippen MR) is 56.5 cm³/mol. The van der Waals surface area contributed by atoms with Gasteiger partial charge in [-0.05, 0) is 24.0 Å². The van der Waals surface area contributed by atoms with Gasteiger partial charge in [0.25, 0.3) is 0 Å². The number of rotatable bonds is 0. The van der Waals surface area contributed by atoms with Gasteiger partial charge in [0.15, 0.2) is 0 Å². The van der Waals surface area contributed by atoms with Gasteiger partial charge >= 0.3 is 5.97 Å². The van der Waals surface area contributed by atoms with Crippen molar-refractivity contribution in [3.63, 3.8) is 0 Å². The van der Waals surface area contributed by atoms with Gasteiger partial charge in [-0.1, -0.05) is 31.2 Å². The van der Waals surface area contributed by atoms with Crippen LogP contribution < -0.4 is 0 Å². The van der Waals surface area contributed by atoms with Crippen molar-refractivity contribution in [1.29, 1.82) is 0 Å². The van der Waals surface area contributed by atoms with Crippen LogP contribution in [0.4, 0.5) is 0 Å². The summed E-state index contributed by atoms with van der Waals surface area (Å²) in [5.74, 6) is 0.292. The molecule has 1 aliphatic heterocycles. The first-order valence-electron chi connectivity index (χ1n) is 5.55. The summed E-state index contributed by atoms with van der Waals surface area (Å²) < 4.78 is 5.40. The second-order valence-corrected chi connectivity index (χ2v) is 4.53. The molecule has 0 radical (unpaired) electrons.